The summed E-state index contributed by atoms with van der Waals surface area (Å²) in [5.41, 5.74) is 1.95. The second kappa shape index (κ2) is 4.09. The highest BCUT2D eigenvalue weighted by Gasteiger charge is 2.06. The van der Waals surface area contributed by atoms with Crippen LogP contribution in [0.5, 0.6) is 0 Å². The third-order valence-corrected chi connectivity index (χ3v) is 2.03. The number of aromatic nitrogens is 2. The molecule has 1 aromatic heterocycles. The maximum atomic E-state index is 5.43. The molecule has 3 nitrogen and oxygen atoms in total. The van der Waals surface area contributed by atoms with Gasteiger partial charge in [-0.25, -0.2) is 0 Å². The van der Waals surface area contributed by atoms with Gasteiger partial charge in [-0.15, -0.1) is 10.2 Å². The minimum atomic E-state index is 0.515. The van der Waals surface area contributed by atoms with E-state index in [2.05, 4.69) is 16.8 Å². The molecule has 0 saturated carbocycles. The molecule has 15 heavy (non-hydrogen) atoms. The molecular weight excluding hydrogens is 188 g/mol. The van der Waals surface area contributed by atoms with Gasteiger partial charge in [-0.1, -0.05) is 36.9 Å². The van der Waals surface area contributed by atoms with Gasteiger partial charge in [-0.2, -0.15) is 0 Å². The number of hydrogen-bond donors (Lipinski definition) is 0. The third kappa shape index (κ3) is 2.31. The van der Waals surface area contributed by atoms with Crippen LogP contribution in [0, 0.1) is 0 Å². The van der Waals surface area contributed by atoms with Crippen LogP contribution in [-0.2, 0) is 6.42 Å². The predicted octanol–water partition coefficient (Wildman–Crippen LogP) is 2.69. The van der Waals surface area contributed by atoms with Crippen LogP contribution in [0.15, 0.2) is 41.3 Å². The van der Waals surface area contributed by atoms with Crippen molar-refractivity contribution in [2.45, 2.75) is 13.3 Å². The normalized spacial score (nSPS) is 10.2. The van der Waals surface area contributed by atoms with Crippen LogP contribution in [0.1, 0.15) is 24.3 Å². The van der Waals surface area contributed by atoms with Gasteiger partial charge in [0, 0.05) is 5.57 Å². The van der Waals surface area contributed by atoms with Gasteiger partial charge in [0.25, 0.3) is 0 Å². The minimum absolute atomic E-state index is 0.515. The van der Waals surface area contributed by atoms with E-state index in [-0.39, 0.29) is 0 Å². The zero-order valence-electron chi connectivity index (χ0n) is 8.60. The van der Waals surface area contributed by atoms with Crippen LogP contribution in [0.2, 0.25) is 0 Å². The van der Waals surface area contributed by atoms with E-state index in [1.165, 1.54) is 0 Å². The zero-order valence-corrected chi connectivity index (χ0v) is 8.60. The maximum absolute atomic E-state index is 5.43. The van der Waals surface area contributed by atoms with E-state index >= 15 is 0 Å². The summed E-state index contributed by atoms with van der Waals surface area (Å²) in [5.74, 6) is 1.14. The Kier molecular flexibility index (Phi) is 2.63. The minimum Gasteiger partial charge on any atom is -0.421 e. The fourth-order valence-corrected chi connectivity index (χ4v) is 1.27. The molecule has 0 aliphatic rings. The predicted molar refractivity (Wildman–Crippen MR) is 58.3 cm³/mol. The van der Waals surface area contributed by atoms with Gasteiger partial charge in [0.05, 0.1) is 6.42 Å². The Morgan fingerprint density at radius 2 is 2.00 bits per heavy atom. The lowest BCUT2D eigenvalue weighted by Crippen LogP contribution is -1.87. The Morgan fingerprint density at radius 3 is 2.60 bits per heavy atom. The van der Waals surface area contributed by atoms with Crippen molar-refractivity contribution in [2.75, 3.05) is 0 Å². The first-order chi connectivity index (χ1) is 7.25. The lowest BCUT2D eigenvalue weighted by Gasteiger charge is -1.94. The molecule has 3 heteroatoms. The second-order valence-corrected chi connectivity index (χ2v) is 3.44. The van der Waals surface area contributed by atoms with Gasteiger partial charge in [-0.05, 0) is 12.5 Å². The van der Waals surface area contributed by atoms with E-state index in [0.717, 1.165) is 11.1 Å². The summed E-state index contributed by atoms with van der Waals surface area (Å²) in [6.45, 7) is 5.60. The smallest absolute Gasteiger partial charge is 0.242 e. The second-order valence-electron chi connectivity index (χ2n) is 3.44. The molecule has 0 aliphatic carbocycles. The van der Waals surface area contributed by atoms with Crippen molar-refractivity contribution in [1.82, 2.24) is 10.2 Å². The van der Waals surface area contributed by atoms with Crippen molar-refractivity contribution in [3.63, 3.8) is 0 Å². The molecule has 0 N–H and O–H groups in total. The van der Waals surface area contributed by atoms with Gasteiger partial charge in [0.15, 0.2) is 0 Å². The van der Waals surface area contributed by atoms with Crippen molar-refractivity contribution in [3.05, 3.63) is 54.3 Å². The number of allylic oxidation sites excluding steroid dienone is 1. The van der Waals surface area contributed by atoms with Crippen molar-refractivity contribution in [2.24, 2.45) is 0 Å². The van der Waals surface area contributed by atoms with Crippen LogP contribution in [0.25, 0.3) is 5.57 Å². The molecule has 0 atom stereocenters. The average Bonchev–Trinajstić information content (AvgIpc) is 2.68. The molecular formula is C12H12N2O. The summed E-state index contributed by atoms with van der Waals surface area (Å²) >= 11 is 0. The Morgan fingerprint density at radius 1 is 1.27 bits per heavy atom. The standard InChI is InChI=1S/C12H12N2O/c1-9(2)12-14-13-11(15-12)8-10-6-4-3-5-7-10/h3-7H,1,8H2,2H3. The van der Waals surface area contributed by atoms with E-state index in [1.54, 1.807) is 0 Å². The SMILES string of the molecule is C=C(C)c1nnc(Cc2ccccc2)o1. The first-order valence-corrected chi connectivity index (χ1v) is 4.78. The quantitative estimate of drug-likeness (QED) is 0.764. The van der Waals surface area contributed by atoms with Crippen LogP contribution < -0.4 is 0 Å². The van der Waals surface area contributed by atoms with E-state index < -0.39 is 0 Å². The highest BCUT2D eigenvalue weighted by Crippen LogP contribution is 2.12. The van der Waals surface area contributed by atoms with Crippen LogP contribution in [-0.4, -0.2) is 10.2 Å². The number of benzene rings is 1. The highest BCUT2D eigenvalue weighted by molar-refractivity contribution is 5.51. The zero-order chi connectivity index (χ0) is 10.7. The lowest BCUT2D eigenvalue weighted by atomic mass is 10.2. The van der Waals surface area contributed by atoms with Crippen LogP contribution >= 0.6 is 0 Å². The topological polar surface area (TPSA) is 38.9 Å². The Balaban J connectivity index is 2.15. The summed E-state index contributed by atoms with van der Waals surface area (Å²) in [4.78, 5) is 0. The van der Waals surface area contributed by atoms with Gasteiger partial charge in [0.1, 0.15) is 0 Å². The average molecular weight is 200 g/mol. The number of rotatable bonds is 3. The molecule has 2 aromatic rings. The first kappa shape index (κ1) is 9.65. The molecule has 0 fully saturated rings. The largest absolute Gasteiger partial charge is 0.421 e. The van der Waals surface area contributed by atoms with E-state index in [1.807, 2.05) is 37.3 Å². The Hall–Kier alpha value is -1.90. The monoisotopic (exact) mass is 200 g/mol. The molecule has 0 bridgehead atoms. The van der Waals surface area contributed by atoms with Gasteiger partial charge >= 0.3 is 0 Å². The fraction of sp³-hybridized carbons (Fsp3) is 0.167. The summed E-state index contributed by atoms with van der Waals surface area (Å²) in [6, 6.07) is 10.0. The van der Waals surface area contributed by atoms with Crippen molar-refractivity contribution < 1.29 is 4.42 Å². The van der Waals surface area contributed by atoms with E-state index in [9.17, 15) is 0 Å². The third-order valence-electron chi connectivity index (χ3n) is 2.03. The molecule has 2 rings (SSSR count). The number of nitrogens with zero attached hydrogens (tertiary/aromatic N) is 2. The highest BCUT2D eigenvalue weighted by atomic mass is 16.4. The first-order valence-electron chi connectivity index (χ1n) is 4.78. The molecule has 0 unspecified atom stereocenters. The van der Waals surface area contributed by atoms with Gasteiger partial charge in [-0.3, -0.25) is 0 Å². The summed E-state index contributed by atoms with van der Waals surface area (Å²) < 4.78 is 5.43. The molecule has 0 amide bonds. The molecule has 1 heterocycles. The van der Waals surface area contributed by atoms with Crippen molar-refractivity contribution in [3.8, 4) is 0 Å². The summed E-state index contributed by atoms with van der Waals surface area (Å²) in [5, 5.41) is 7.85. The van der Waals surface area contributed by atoms with Gasteiger partial charge < -0.3 is 4.42 Å². The van der Waals surface area contributed by atoms with E-state index in [0.29, 0.717) is 18.2 Å². The molecule has 1 aromatic carbocycles. The Bertz CT molecular complexity index is 459. The van der Waals surface area contributed by atoms with E-state index in [4.69, 9.17) is 4.42 Å². The molecule has 0 spiro atoms. The number of hydrogen-bond acceptors (Lipinski definition) is 3. The molecule has 0 saturated heterocycles. The summed E-state index contributed by atoms with van der Waals surface area (Å²) in [7, 11) is 0. The van der Waals surface area contributed by atoms with Crippen LogP contribution in [0.4, 0.5) is 0 Å². The molecule has 76 valence electrons. The van der Waals surface area contributed by atoms with Crippen LogP contribution in [0.3, 0.4) is 0 Å². The summed E-state index contributed by atoms with van der Waals surface area (Å²) in [6.07, 6.45) is 0.668. The van der Waals surface area contributed by atoms with Crippen molar-refractivity contribution in [1.29, 1.82) is 0 Å². The lowest BCUT2D eigenvalue weighted by molar-refractivity contribution is 0.493. The fourth-order valence-electron chi connectivity index (χ4n) is 1.27. The van der Waals surface area contributed by atoms with Crippen molar-refractivity contribution >= 4 is 5.57 Å². The van der Waals surface area contributed by atoms with Gasteiger partial charge in [0.2, 0.25) is 11.8 Å². The Labute approximate surface area is 88.5 Å². The molecule has 0 aliphatic heterocycles. The molecule has 0 radical (unpaired) electrons. The maximum Gasteiger partial charge on any atom is 0.242 e.